The van der Waals surface area contributed by atoms with Gasteiger partial charge in [0.05, 0.1) is 28.7 Å². The first-order valence-electron chi connectivity index (χ1n) is 13.7. The lowest BCUT2D eigenvalue weighted by Gasteiger charge is -2.26. The van der Waals surface area contributed by atoms with E-state index >= 15 is 0 Å². The van der Waals surface area contributed by atoms with Crippen molar-refractivity contribution in [1.29, 1.82) is 0 Å². The van der Waals surface area contributed by atoms with E-state index in [4.69, 9.17) is 9.72 Å². The number of methoxy groups -OCH3 is 1. The topological polar surface area (TPSA) is 79.7 Å². The number of halogens is 2. The number of benzene rings is 2. The molecule has 2 amide bonds. The van der Waals surface area contributed by atoms with E-state index in [2.05, 4.69) is 22.9 Å². The molecule has 1 aromatic heterocycles. The van der Waals surface area contributed by atoms with Crippen LogP contribution in [0, 0.1) is 18.6 Å². The number of nitrogens with zero attached hydrogens (tertiary/aromatic N) is 4. The molecular weight excluding hydrogens is 516 g/mol. The second-order valence-electron chi connectivity index (χ2n) is 10.7. The third-order valence-corrected chi connectivity index (χ3v) is 7.92. The van der Waals surface area contributed by atoms with Gasteiger partial charge in [-0.05, 0) is 68.0 Å². The van der Waals surface area contributed by atoms with Crippen molar-refractivity contribution >= 4 is 28.8 Å². The Labute approximate surface area is 232 Å². The molecule has 0 radical (unpaired) electrons. The van der Waals surface area contributed by atoms with Gasteiger partial charge in [0, 0.05) is 39.8 Å². The highest BCUT2D eigenvalue weighted by atomic mass is 19.2. The average molecular weight is 552 g/mol. The fourth-order valence-corrected chi connectivity index (χ4v) is 5.94. The van der Waals surface area contributed by atoms with Crippen molar-refractivity contribution in [2.75, 3.05) is 38.6 Å². The number of rotatable bonds is 7. The summed E-state index contributed by atoms with van der Waals surface area (Å²) in [6.07, 6.45) is 5.01. The SMILES string of the molecule is C=CC(=O)N1CCCC[C@@H](n2c(NC(=O)c3cccc(F)c3F)nc3cc(CN4CC[C@@H](OC)C4)cc(C)c32)C1. The van der Waals surface area contributed by atoms with E-state index in [-0.39, 0.29) is 24.0 Å². The largest absolute Gasteiger partial charge is 0.380 e. The number of hydrogen-bond acceptors (Lipinski definition) is 5. The van der Waals surface area contributed by atoms with E-state index in [1.807, 2.05) is 17.6 Å². The molecule has 2 fully saturated rings. The van der Waals surface area contributed by atoms with Crippen LogP contribution in [0.4, 0.5) is 14.7 Å². The molecule has 0 aliphatic carbocycles. The number of imidazole rings is 1. The van der Waals surface area contributed by atoms with Crippen LogP contribution in [0.3, 0.4) is 0 Å². The van der Waals surface area contributed by atoms with Crippen molar-refractivity contribution in [3.8, 4) is 0 Å². The Morgan fingerprint density at radius 3 is 2.75 bits per heavy atom. The number of aromatic nitrogens is 2. The number of anilines is 1. The molecule has 40 heavy (non-hydrogen) atoms. The van der Waals surface area contributed by atoms with E-state index < -0.39 is 23.1 Å². The molecule has 2 atom stereocenters. The number of ether oxygens (including phenoxy) is 1. The van der Waals surface area contributed by atoms with Crippen molar-refractivity contribution in [3.05, 3.63) is 71.3 Å². The zero-order valence-corrected chi connectivity index (χ0v) is 23.0. The molecule has 0 saturated carbocycles. The Morgan fingerprint density at radius 2 is 2.00 bits per heavy atom. The highest BCUT2D eigenvalue weighted by molar-refractivity contribution is 6.04. The van der Waals surface area contributed by atoms with E-state index in [0.29, 0.717) is 18.6 Å². The van der Waals surface area contributed by atoms with Gasteiger partial charge in [-0.3, -0.25) is 19.8 Å². The number of hydrogen-bond donors (Lipinski definition) is 1. The first-order valence-corrected chi connectivity index (χ1v) is 13.7. The molecule has 10 heteroatoms. The number of amides is 2. The van der Waals surface area contributed by atoms with Gasteiger partial charge in [0.25, 0.3) is 5.91 Å². The van der Waals surface area contributed by atoms with Crippen LogP contribution >= 0.6 is 0 Å². The predicted octanol–water partition coefficient (Wildman–Crippen LogP) is 4.84. The molecule has 212 valence electrons. The fraction of sp³-hybridized carbons (Fsp3) is 0.433. The number of carbonyl (C=O) groups excluding carboxylic acids is 2. The van der Waals surface area contributed by atoms with Crippen molar-refractivity contribution in [2.45, 2.75) is 51.3 Å². The summed E-state index contributed by atoms with van der Waals surface area (Å²) in [5, 5.41) is 2.75. The fourth-order valence-electron chi connectivity index (χ4n) is 5.94. The predicted molar refractivity (Wildman–Crippen MR) is 149 cm³/mol. The van der Waals surface area contributed by atoms with Crippen LogP contribution in [0.15, 0.2) is 43.0 Å². The first kappa shape index (κ1) is 27.9. The Kier molecular flexibility index (Phi) is 8.27. The first-order chi connectivity index (χ1) is 19.3. The monoisotopic (exact) mass is 551 g/mol. The van der Waals surface area contributed by atoms with Crippen LogP contribution in [-0.4, -0.2) is 70.6 Å². The van der Waals surface area contributed by atoms with Gasteiger partial charge in [0.2, 0.25) is 11.9 Å². The summed E-state index contributed by atoms with van der Waals surface area (Å²) in [6.45, 7) is 9.23. The van der Waals surface area contributed by atoms with Gasteiger partial charge in [-0.2, -0.15) is 0 Å². The summed E-state index contributed by atoms with van der Waals surface area (Å²) >= 11 is 0. The lowest BCUT2D eigenvalue weighted by Crippen LogP contribution is -2.34. The Bertz CT molecular complexity index is 1440. The second-order valence-corrected chi connectivity index (χ2v) is 10.7. The summed E-state index contributed by atoms with van der Waals surface area (Å²) in [5.41, 5.74) is 3.20. The second kappa shape index (κ2) is 11.9. The van der Waals surface area contributed by atoms with Gasteiger partial charge < -0.3 is 14.2 Å². The summed E-state index contributed by atoms with van der Waals surface area (Å²) in [6, 6.07) is 7.46. The van der Waals surface area contributed by atoms with Crippen LogP contribution in [0.25, 0.3) is 11.0 Å². The van der Waals surface area contributed by atoms with Gasteiger partial charge in [-0.1, -0.05) is 18.7 Å². The molecule has 2 aliphatic heterocycles. The zero-order valence-electron chi connectivity index (χ0n) is 23.0. The quantitative estimate of drug-likeness (QED) is 0.426. The third-order valence-electron chi connectivity index (χ3n) is 7.92. The van der Waals surface area contributed by atoms with Gasteiger partial charge in [0.15, 0.2) is 11.6 Å². The van der Waals surface area contributed by atoms with E-state index in [9.17, 15) is 18.4 Å². The minimum Gasteiger partial charge on any atom is -0.380 e. The molecule has 2 aromatic carbocycles. The van der Waals surface area contributed by atoms with Crippen LogP contribution in [0.1, 0.15) is 53.2 Å². The van der Waals surface area contributed by atoms with Crippen LogP contribution < -0.4 is 5.32 Å². The maximum atomic E-state index is 14.5. The average Bonchev–Trinajstić information content (AvgIpc) is 3.45. The maximum Gasteiger partial charge on any atom is 0.261 e. The van der Waals surface area contributed by atoms with Crippen molar-refractivity contribution in [1.82, 2.24) is 19.4 Å². The molecule has 0 bridgehead atoms. The highest BCUT2D eigenvalue weighted by Gasteiger charge is 2.29. The zero-order chi connectivity index (χ0) is 28.4. The molecule has 0 spiro atoms. The lowest BCUT2D eigenvalue weighted by atomic mass is 10.1. The van der Waals surface area contributed by atoms with Gasteiger partial charge in [-0.25, -0.2) is 13.8 Å². The summed E-state index contributed by atoms with van der Waals surface area (Å²) < 4.78 is 35.8. The Morgan fingerprint density at radius 1 is 1.18 bits per heavy atom. The van der Waals surface area contributed by atoms with Gasteiger partial charge in [0.1, 0.15) is 0 Å². The van der Waals surface area contributed by atoms with Crippen LogP contribution in [0.5, 0.6) is 0 Å². The van der Waals surface area contributed by atoms with Gasteiger partial charge in [-0.15, -0.1) is 0 Å². The molecule has 1 N–H and O–H groups in total. The molecule has 3 aromatic rings. The minimum atomic E-state index is -1.21. The molecule has 3 heterocycles. The van der Waals surface area contributed by atoms with Gasteiger partial charge >= 0.3 is 0 Å². The molecular formula is C30H35F2N5O3. The molecule has 2 aliphatic rings. The number of fused-ring (bicyclic) bond motifs is 1. The minimum absolute atomic E-state index is 0.150. The summed E-state index contributed by atoms with van der Waals surface area (Å²) in [4.78, 5) is 34.6. The third kappa shape index (κ3) is 5.64. The highest BCUT2D eigenvalue weighted by Crippen LogP contribution is 2.33. The molecule has 0 unspecified atom stereocenters. The van der Waals surface area contributed by atoms with E-state index in [1.54, 1.807) is 12.0 Å². The lowest BCUT2D eigenvalue weighted by molar-refractivity contribution is -0.126. The standard InChI is InChI=1S/C30H35F2N5O3/c1-4-26(38)36-12-6-5-8-21(17-36)37-28-19(2)14-20(16-35-13-11-22(18-35)40-3)15-25(28)33-30(37)34-29(39)23-9-7-10-24(31)27(23)32/h4,7,9-10,14-15,21-22H,1,5-6,8,11-13,16-18H2,2-3H3,(H,33,34,39)/t21-,22-/m1/s1. The van der Waals surface area contributed by atoms with Crippen molar-refractivity contribution < 1.29 is 23.1 Å². The molecule has 2 saturated heterocycles. The molecule has 5 rings (SSSR count). The summed E-state index contributed by atoms with van der Waals surface area (Å²) in [7, 11) is 1.74. The number of likely N-dealkylation sites (tertiary alicyclic amines) is 2. The summed E-state index contributed by atoms with van der Waals surface area (Å²) in [5.74, 6) is -3.01. The normalized spacial score (nSPS) is 20.1. The maximum absolute atomic E-state index is 14.5. The van der Waals surface area contributed by atoms with Crippen LogP contribution in [-0.2, 0) is 16.1 Å². The van der Waals surface area contributed by atoms with Crippen molar-refractivity contribution in [2.24, 2.45) is 0 Å². The Balaban J connectivity index is 1.55. The van der Waals surface area contributed by atoms with Crippen LogP contribution in [0.2, 0.25) is 0 Å². The smallest absolute Gasteiger partial charge is 0.261 e. The van der Waals surface area contributed by atoms with Crippen molar-refractivity contribution in [3.63, 3.8) is 0 Å². The molecule has 8 nitrogen and oxygen atoms in total. The van der Waals surface area contributed by atoms with E-state index in [1.165, 1.54) is 18.2 Å². The number of aryl methyl sites for hydroxylation is 1. The number of carbonyl (C=O) groups is 2. The number of nitrogens with one attached hydrogen (secondary N) is 1. The van der Waals surface area contributed by atoms with E-state index in [0.717, 1.165) is 68.0 Å². The Hall–Kier alpha value is -3.63.